The molecule has 0 radical (unpaired) electrons. The smallest absolute Gasteiger partial charge is 0.308 e. The summed E-state index contributed by atoms with van der Waals surface area (Å²) < 4.78 is 25.1. The average molecular weight is 1120 g/mol. The first-order valence-corrected chi connectivity index (χ1v) is 28.2. The molecule has 3 heterocycles. The van der Waals surface area contributed by atoms with Crippen molar-refractivity contribution in [2.45, 2.75) is 189 Å². The number of fused-ring (bicyclic) bond motifs is 2. The minimum atomic E-state index is -2.28. The van der Waals surface area contributed by atoms with Gasteiger partial charge >= 0.3 is 5.97 Å². The highest BCUT2D eigenvalue weighted by Crippen LogP contribution is 2.38. The van der Waals surface area contributed by atoms with E-state index in [0.717, 1.165) is 0 Å². The zero-order chi connectivity index (χ0) is 58.9. The Morgan fingerprint density at radius 2 is 1.27 bits per heavy atom. The zero-order valence-electron chi connectivity index (χ0n) is 47.8. The summed E-state index contributed by atoms with van der Waals surface area (Å²) in [7, 11) is 5.87. The number of likely N-dealkylation sites (N-methyl/N-ethyl adjacent to an activating group) is 1. The fourth-order valence-electron chi connectivity index (χ4n) is 10.00. The van der Waals surface area contributed by atoms with Crippen molar-refractivity contribution >= 4 is 11.9 Å². The van der Waals surface area contributed by atoms with E-state index in [-0.39, 0.29) is 38.1 Å². The normalized spacial score (nSPS) is 39.8. The van der Waals surface area contributed by atoms with Crippen LogP contribution in [-0.2, 0) is 28.5 Å². The van der Waals surface area contributed by atoms with Gasteiger partial charge in [0.2, 0.25) is 5.91 Å². The summed E-state index contributed by atoms with van der Waals surface area (Å²) in [6, 6.07) is -0.846. The third-order valence-corrected chi connectivity index (χ3v) is 14.8. The number of hydrogen-bond donors (Lipinski definition) is 13. The lowest BCUT2D eigenvalue weighted by atomic mass is 9.82. The first kappa shape index (κ1) is 69.7. The Morgan fingerprint density at radius 3 is 1.84 bits per heavy atom. The van der Waals surface area contributed by atoms with E-state index in [0.29, 0.717) is 50.0 Å². The molecular formula is C58H100N5O16+. The van der Waals surface area contributed by atoms with Gasteiger partial charge in [0.05, 0.1) is 120 Å². The number of aliphatic hydroxyl groups excluding tert-OH is 9. The molecule has 15 N–H and O–H groups in total. The van der Waals surface area contributed by atoms with Gasteiger partial charge in [0.15, 0.2) is 12.1 Å². The number of nitrogens with two attached hydrogens (primary N) is 2. The molecule has 2 bridgehead atoms. The Bertz CT molecular complexity index is 1970. The number of nitrogens with one attached hydrogen (secondary N) is 1. The van der Waals surface area contributed by atoms with Crippen molar-refractivity contribution in [3.63, 3.8) is 0 Å². The molecule has 1 amide bonds. The van der Waals surface area contributed by atoms with Crippen LogP contribution in [-0.4, -0.2) is 230 Å². The molecule has 3 aliphatic rings. The number of aliphatic hydroxyl groups is 10. The lowest BCUT2D eigenvalue weighted by Crippen LogP contribution is -2.64. The number of esters is 1. The van der Waals surface area contributed by atoms with Gasteiger partial charge in [-0.05, 0) is 72.1 Å². The topological polar surface area (TPSA) is 341 Å². The van der Waals surface area contributed by atoms with Gasteiger partial charge in [-0.1, -0.05) is 98.9 Å². The molecule has 0 spiro atoms. The van der Waals surface area contributed by atoms with Crippen molar-refractivity contribution < 1.29 is 84.1 Å². The quantitative estimate of drug-likeness (QED) is 0.0882. The predicted octanol–water partition coefficient (Wildman–Crippen LogP) is 0.490. The van der Waals surface area contributed by atoms with Crippen LogP contribution in [0.2, 0.25) is 0 Å². The van der Waals surface area contributed by atoms with Crippen LogP contribution in [0.15, 0.2) is 85.1 Å². The van der Waals surface area contributed by atoms with E-state index in [2.05, 4.69) is 5.32 Å². The number of carbonyl (C=O) groups excluding carboxylic acids is 2. The molecule has 3 aliphatic heterocycles. The van der Waals surface area contributed by atoms with Crippen molar-refractivity contribution in [3.8, 4) is 0 Å². The molecule has 0 aromatic rings. The van der Waals surface area contributed by atoms with Crippen molar-refractivity contribution in [3.05, 3.63) is 85.1 Å². The largest absolute Gasteiger partial charge is 0.462 e. The summed E-state index contributed by atoms with van der Waals surface area (Å²) in [6.45, 7) is 9.35. The standard InChI is InChI=1S/C58H99N5O16/c1-38-22-18-16-14-12-10-8-9-11-13-15-17-19-23-45(78-57-55(73)52(54(72)41(4)77-57)62(29-20-26-59)30-21-27-60)35-49-51(56(74)61-28-31-63(5,6)7)48(69)37-58(75,79-49)36-44(66)33-47(68)46(67)25-24-42(64)32-43(65)34-50(70)76-40(3)39(2)53(38)71/h8-19,22-23,38-49,51-55,57,64-69,71-73,75H,20-21,24-37,59-60H2,1-7H3/p+1/b9-8+,12-10+,13-11+,16-14+,17-15+,22-18+,23-19+/t38-,39-,40-,41+,42+,43+,44-,45-,46+,47+,48-,49-,51+,52-,53+,54+,55-,57?,58+/m0/s1. The summed E-state index contributed by atoms with van der Waals surface area (Å²) >= 11 is 0. The Hall–Kier alpha value is -3.56. The van der Waals surface area contributed by atoms with Gasteiger partial charge in [0.1, 0.15) is 12.2 Å². The molecule has 79 heavy (non-hydrogen) atoms. The monoisotopic (exact) mass is 1120 g/mol. The van der Waals surface area contributed by atoms with Crippen molar-refractivity contribution in [1.82, 2.24) is 10.2 Å². The summed E-state index contributed by atoms with van der Waals surface area (Å²) in [5.74, 6) is -5.58. The number of allylic oxidation sites excluding steroid dienone is 12. The number of nitrogens with zero attached hydrogens (tertiary/aromatic N) is 2. The maximum atomic E-state index is 14.1. The first-order chi connectivity index (χ1) is 37.3. The molecule has 2 saturated heterocycles. The van der Waals surface area contributed by atoms with E-state index < -0.39 is 147 Å². The number of ether oxygens (including phenoxy) is 4. The van der Waals surface area contributed by atoms with E-state index in [9.17, 15) is 60.7 Å². The molecule has 21 nitrogen and oxygen atoms in total. The molecule has 0 aromatic carbocycles. The number of quaternary nitrogens is 1. The Morgan fingerprint density at radius 1 is 0.696 bits per heavy atom. The summed E-state index contributed by atoms with van der Waals surface area (Å²) in [5, 5.41) is 116. The van der Waals surface area contributed by atoms with E-state index in [4.69, 9.17) is 30.4 Å². The van der Waals surface area contributed by atoms with Crippen LogP contribution in [0.5, 0.6) is 0 Å². The highest BCUT2D eigenvalue weighted by molar-refractivity contribution is 5.80. The molecule has 19 atom stereocenters. The number of hydrogen-bond acceptors (Lipinski definition) is 19. The minimum absolute atomic E-state index is 0.0960. The second kappa shape index (κ2) is 35.4. The first-order valence-electron chi connectivity index (χ1n) is 28.2. The molecule has 0 aromatic heterocycles. The lowest BCUT2D eigenvalue weighted by molar-refractivity contribution is -0.869. The van der Waals surface area contributed by atoms with Gasteiger partial charge in [-0.15, -0.1) is 0 Å². The molecule has 3 rings (SSSR count). The second-order valence-corrected chi connectivity index (χ2v) is 22.8. The predicted molar refractivity (Wildman–Crippen MR) is 300 cm³/mol. The number of carbonyl (C=O) groups is 2. The highest BCUT2D eigenvalue weighted by atomic mass is 16.7. The third-order valence-electron chi connectivity index (χ3n) is 14.8. The fraction of sp³-hybridized carbons (Fsp3) is 0.724. The van der Waals surface area contributed by atoms with Gasteiger partial charge in [-0.25, -0.2) is 0 Å². The van der Waals surface area contributed by atoms with Crippen LogP contribution in [0.3, 0.4) is 0 Å². The molecule has 21 heteroatoms. The maximum absolute atomic E-state index is 14.1. The average Bonchev–Trinajstić information content (AvgIpc) is 3.45. The summed E-state index contributed by atoms with van der Waals surface area (Å²) in [6.07, 6.45) is 6.34. The SMILES string of the molecule is C[C@@H]1[C@H](O)[C@@H](C)/C=C/C=C/C=C/C=C/C=C/C=C/C=C/[C@H](OC2O[C@H](C)[C@@H](O)[C@H](N(CCCN)CCCN)[C@@H]2O)C[C@@H]2O[C@](O)(C[C@@H](O)C[C@@H](O)[C@H](O)CC[C@@H](O)C[C@@H](O)CC(=O)O[C@H]1C)C[C@H](O)[C@H]2C(=O)NCC[N+](C)(C)C. The van der Waals surface area contributed by atoms with Crippen LogP contribution in [0.4, 0.5) is 0 Å². The van der Waals surface area contributed by atoms with Crippen molar-refractivity contribution in [1.29, 1.82) is 0 Å². The van der Waals surface area contributed by atoms with E-state index in [1.807, 2.05) is 87.7 Å². The van der Waals surface area contributed by atoms with Gasteiger partial charge in [-0.2, -0.15) is 0 Å². The molecule has 2 fully saturated rings. The van der Waals surface area contributed by atoms with Crippen molar-refractivity contribution in [2.24, 2.45) is 29.2 Å². The van der Waals surface area contributed by atoms with Crippen LogP contribution in [0.25, 0.3) is 0 Å². The van der Waals surface area contributed by atoms with Crippen LogP contribution in [0, 0.1) is 17.8 Å². The highest BCUT2D eigenvalue weighted by Gasteiger charge is 2.51. The molecule has 0 saturated carbocycles. The van der Waals surface area contributed by atoms with Crippen LogP contribution < -0.4 is 16.8 Å². The van der Waals surface area contributed by atoms with E-state index in [1.165, 1.54) is 0 Å². The maximum Gasteiger partial charge on any atom is 0.308 e. The molecule has 0 aliphatic carbocycles. The van der Waals surface area contributed by atoms with Crippen LogP contribution in [0.1, 0.15) is 91.9 Å². The Balaban J connectivity index is 2.03. The van der Waals surface area contributed by atoms with Gasteiger partial charge in [0.25, 0.3) is 0 Å². The van der Waals surface area contributed by atoms with Gasteiger partial charge < -0.3 is 91.3 Å². The number of rotatable bonds is 13. The van der Waals surface area contributed by atoms with E-state index in [1.54, 1.807) is 51.2 Å². The Labute approximate surface area is 468 Å². The summed E-state index contributed by atoms with van der Waals surface area (Å²) in [5.41, 5.74) is 11.7. The second-order valence-electron chi connectivity index (χ2n) is 22.8. The fourth-order valence-corrected chi connectivity index (χ4v) is 10.00. The lowest BCUT2D eigenvalue weighted by Gasteiger charge is -2.48. The van der Waals surface area contributed by atoms with Crippen molar-refractivity contribution in [2.75, 3.05) is 60.4 Å². The third kappa shape index (κ3) is 25.2. The zero-order valence-corrected chi connectivity index (χ0v) is 47.8. The van der Waals surface area contributed by atoms with E-state index >= 15 is 0 Å². The van der Waals surface area contributed by atoms with Gasteiger partial charge in [0, 0.05) is 37.5 Å². The summed E-state index contributed by atoms with van der Waals surface area (Å²) in [4.78, 5) is 28.8. The molecule has 452 valence electrons. The number of amides is 1. The van der Waals surface area contributed by atoms with Gasteiger partial charge in [-0.3, -0.25) is 14.5 Å². The van der Waals surface area contributed by atoms with Crippen LogP contribution >= 0.6 is 0 Å². The molecular weight excluding hydrogens is 1020 g/mol. The minimum Gasteiger partial charge on any atom is -0.462 e. The molecule has 1 unspecified atom stereocenters. The Kier molecular flexibility index (Phi) is 31.3. The number of cyclic esters (lactones) is 1.